The van der Waals surface area contributed by atoms with E-state index < -0.39 is 0 Å². The SMILES string of the molecule is Cc1cc(-c2ccc3c(c2)[nH]c2cc4ccccc4cc23)ccc1Nc1ccccc1. The zero-order valence-corrected chi connectivity index (χ0v) is 17.3. The van der Waals surface area contributed by atoms with Gasteiger partial charge in [-0.05, 0) is 76.9 Å². The summed E-state index contributed by atoms with van der Waals surface area (Å²) in [5.74, 6) is 0. The van der Waals surface area contributed by atoms with Crippen LogP contribution in [0.25, 0.3) is 43.7 Å². The number of nitrogens with one attached hydrogen (secondary N) is 2. The van der Waals surface area contributed by atoms with Crippen LogP contribution in [0.15, 0.2) is 103 Å². The third-order valence-corrected chi connectivity index (χ3v) is 6.08. The Bertz CT molecular complexity index is 1560. The Balaban J connectivity index is 1.40. The number of fused-ring (bicyclic) bond motifs is 4. The van der Waals surface area contributed by atoms with Gasteiger partial charge < -0.3 is 10.3 Å². The normalized spacial score (nSPS) is 11.4. The summed E-state index contributed by atoms with van der Waals surface area (Å²) in [6.45, 7) is 2.15. The molecule has 0 unspecified atom stereocenters. The molecule has 6 aromatic rings. The molecule has 0 radical (unpaired) electrons. The lowest BCUT2D eigenvalue weighted by atomic mass is 10.00. The standard InChI is InChI=1S/C29H22N2/c1-19-15-22(12-14-27(19)30-24-9-3-2-4-10-24)23-11-13-25-26-16-20-7-5-6-8-21(20)17-29(26)31-28(25)18-23/h2-18,30-31H,1H3. The van der Waals surface area contributed by atoms with Gasteiger partial charge >= 0.3 is 0 Å². The average molecular weight is 399 g/mol. The highest BCUT2D eigenvalue weighted by molar-refractivity contribution is 6.12. The molecule has 31 heavy (non-hydrogen) atoms. The summed E-state index contributed by atoms with van der Waals surface area (Å²) in [6, 6.07) is 36.7. The minimum Gasteiger partial charge on any atom is -0.355 e. The van der Waals surface area contributed by atoms with E-state index in [9.17, 15) is 0 Å². The first kappa shape index (κ1) is 17.8. The number of para-hydroxylation sites is 1. The minimum absolute atomic E-state index is 1.10. The summed E-state index contributed by atoms with van der Waals surface area (Å²) in [5.41, 5.74) is 8.26. The smallest absolute Gasteiger partial charge is 0.0471 e. The van der Waals surface area contributed by atoms with Crippen molar-refractivity contribution in [2.75, 3.05) is 5.32 Å². The highest BCUT2D eigenvalue weighted by Crippen LogP contribution is 2.33. The molecule has 148 valence electrons. The van der Waals surface area contributed by atoms with Crippen LogP contribution in [-0.2, 0) is 0 Å². The summed E-state index contributed by atoms with van der Waals surface area (Å²) in [4.78, 5) is 3.63. The zero-order valence-electron chi connectivity index (χ0n) is 17.3. The molecule has 2 heteroatoms. The van der Waals surface area contributed by atoms with E-state index >= 15 is 0 Å². The van der Waals surface area contributed by atoms with E-state index in [-0.39, 0.29) is 0 Å². The number of aryl methyl sites for hydroxylation is 1. The molecule has 0 saturated carbocycles. The van der Waals surface area contributed by atoms with Gasteiger partial charge in [-0.15, -0.1) is 0 Å². The van der Waals surface area contributed by atoms with Gasteiger partial charge in [0.15, 0.2) is 0 Å². The number of rotatable bonds is 3. The largest absolute Gasteiger partial charge is 0.355 e. The Kier molecular flexibility index (Phi) is 4.03. The van der Waals surface area contributed by atoms with Gasteiger partial charge in [-0.3, -0.25) is 0 Å². The fraction of sp³-hybridized carbons (Fsp3) is 0.0345. The maximum absolute atomic E-state index is 3.63. The first-order valence-corrected chi connectivity index (χ1v) is 10.6. The summed E-state index contributed by atoms with van der Waals surface area (Å²) < 4.78 is 0. The second kappa shape index (κ2) is 7.03. The molecule has 5 aromatic carbocycles. The van der Waals surface area contributed by atoms with Gasteiger partial charge in [0, 0.05) is 33.2 Å². The first-order valence-electron chi connectivity index (χ1n) is 10.6. The van der Waals surface area contributed by atoms with Crippen LogP contribution in [0.5, 0.6) is 0 Å². The molecule has 2 nitrogen and oxygen atoms in total. The lowest BCUT2D eigenvalue weighted by Gasteiger charge is -2.11. The fourth-order valence-electron chi connectivity index (χ4n) is 4.43. The van der Waals surface area contributed by atoms with E-state index in [4.69, 9.17) is 0 Å². The second-order valence-electron chi connectivity index (χ2n) is 8.15. The number of aromatic amines is 1. The molecule has 0 atom stereocenters. The number of H-pyrrole nitrogens is 1. The van der Waals surface area contributed by atoms with E-state index in [0.29, 0.717) is 0 Å². The summed E-state index contributed by atoms with van der Waals surface area (Å²) in [6.07, 6.45) is 0. The minimum atomic E-state index is 1.10. The Morgan fingerprint density at radius 2 is 1.26 bits per heavy atom. The van der Waals surface area contributed by atoms with Crippen molar-refractivity contribution < 1.29 is 0 Å². The molecule has 0 aliphatic carbocycles. The molecule has 0 amide bonds. The molecule has 1 heterocycles. The Morgan fingerprint density at radius 1 is 0.581 bits per heavy atom. The van der Waals surface area contributed by atoms with Crippen LogP contribution in [0.4, 0.5) is 11.4 Å². The number of anilines is 2. The predicted octanol–water partition coefficient (Wildman–Crippen LogP) is 8.19. The van der Waals surface area contributed by atoms with Crippen LogP contribution in [0, 0.1) is 6.92 Å². The van der Waals surface area contributed by atoms with E-state index in [1.807, 2.05) is 18.2 Å². The Hall–Kier alpha value is -4.04. The van der Waals surface area contributed by atoms with Crippen molar-refractivity contribution in [2.45, 2.75) is 6.92 Å². The van der Waals surface area contributed by atoms with E-state index in [1.165, 1.54) is 49.3 Å². The highest BCUT2D eigenvalue weighted by Gasteiger charge is 2.09. The molecular formula is C29H22N2. The predicted molar refractivity (Wildman–Crippen MR) is 133 cm³/mol. The van der Waals surface area contributed by atoms with Gasteiger partial charge in [-0.1, -0.05) is 60.7 Å². The van der Waals surface area contributed by atoms with Gasteiger partial charge in [-0.2, -0.15) is 0 Å². The third kappa shape index (κ3) is 3.13. The number of aromatic nitrogens is 1. The van der Waals surface area contributed by atoms with Crippen molar-refractivity contribution in [1.29, 1.82) is 0 Å². The van der Waals surface area contributed by atoms with E-state index in [0.717, 1.165) is 11.4 Å². The van der Waals surface area contributed by atoms with Crippen LogP contribution in [-0.4, -0.2) is 4.98 Å². The monoisotopic (exact) mass is 398 g/mol. The molecule has 6 rings (SSSR count). The van der Waals surface area contributed by atoms with Crippen LogP contribution in [0.3, 0.4) is 0 Å². The van der Waals surface area contributed by atoms with Crippen molar-refractivity contribution in [3.63, 3.8) is 0 Å². The first-order chi connectivity index (χ1) is 15.2. The maximum Gasteiger partial charge on any atom is 0.0471 e. The van der Waals surface area contributed by atoms with Gasteiger partial charge in [0.05, 0.1) is 0 Å². The Labute approximate surface area is 181 Å². The van der Waals surface area contributed by atoms with Crippen LogP contribution in [0.2, 0.25) is 0 Å². The number of benzene rings is 5. The van der Waals surface area contributed by atoms with Crippen molar-refractivity contribution in [2.24, 2.45) is 0 Å². The van der Waals surface area contributed by atoms with Gasteiger partial charge in [0.2, 0.25) is 0 Å². The highest BCUT2D eigenvalue weighted by atomic mass is 14.9. The number of hydrogen-bond acceptors (Lipinski definition) is 1. The van der Waals surface area contributed by atoms with E-state index in [2.05, 4.69) is 102 Å². The number of hydrogen-bond donors (Lipinski definition) is 2. The molecule has 0 fully saturated rings. The summed E-state index contributed by atoms with van der Waals surface area (Å²) in [7, 11) is 0. The van der Waals surface area contributed by atoms with E-state index in [1.54, 1.807) is 0 Å². The van der Waals surface area contributed by atoms with Gasteiger partial charge in [-0.25, -0.2) is 0 Å². The molecule has 1 aromatic heterocycles. The quantitative estimate of drug-likeness (QED) is 0.309. The molecule has 0 spiro atoms. The molecular weight excluding hydrogens is 376 g/mol. The molecule has 0 aliphatic rings. The van der Waals surface area contributed by atoms with Crippen molar-refractivity contribution >= 4 is 44.0 Å². The Morgan fingerprint density at radius 3 is 2.06 bits per heavy atom. The molecule has 0 aliphatic heterocycles. The van der Waals surface area contributed by atoms with Gasteiger partial charge in [0.1, 0.15) is 0 Å². The third-order valence-electron chi connectivity index (χ3n) is 6.08. The van der Waals surface area contributed by atoms with Crippen molar-refractivity contribution in [1.82, 2.24) is 4.98 Å². The molecule has 0 bridgehead atoms. The van der Waals surface area contributed by atoms with Gasteiger partial charge in [0.25, 0.3) is 0 Å². The van der Waals surface area contributed by atoms with Crippen LogP contribution in [0.1, 0.15) is 5.56 Å². The topological polar surface area (TPSA) is 27.8 Å². The van der Waals surface area contributed by atoms with Crippen molar-refractivity contribution in [3.8, 4) is 11.1 Å². The van der Waals surface area contributed by atoms with Crippen molar-refractivity contribution in [3.05, 3.63) is 109 Å². The van der Waals surface area contributed by atoms with Crippen LogP contribution < -0.4 is 5.32 Å². The fourth-order valence-corrected chi connectivity index (χ4v) is 4.43. The summed E-state index contributed by atoms with van der Waals surface area (Å²) in [5, 5.41) is 8.59. The lowest BCUT2D eigenvalue weighted by Crippen LogP contribution is -1.93. The second-order valence-corrected chi connectivity index (χ2v) is 8.15. The van der Waals surface area contributed by atoms with Crippen LogP contribution >= 0.6 is 0 Å². The molecule has 0 saturated heterocycles. The maximum atomic E-state index is 3.63. The summed E-state index contributed by atoms with van der Waals surface area (Å²) >= 11 is 0. The lowest BCUT2D eigenvalue weighted by molar-refractivity contribution is 1.43. The zero-order chi connectivity index (χ0) is 20.8. The average Bonchev–Trinajstić information content (AvgIpc) is 3.16. The molecule has 2 N–H and O–H groups in total.